The van der Waals surface area contributed by atoms with Crippen molar-refractivity contribution in [2.45, 2.75) is 39.8 Å². The van der Waals surface area contributed by atoms with Crippen LogP contribution >= 0.6 is 0 Å². The molecule has 1 unspecified atom stereocenters. The molecule has 1 aliphatic rings. The Hall–Kier alpha value is -2.39. The molecule has 1 aromatic heterocycles. The van der Waals surface area contributed by atoms with Crippen LogP contribution in [-0.4, -0.2) is 29.1 Å². The van der Waals surface area contributed by atoms with Crippen molar-refractivity contribution in [3.8, 4) is 5.88 Å². The highest BCUT2D eigenvalue weighted by Crippen LogP contribution is 2.29. The molecule has 26 heavy (non-hydrogen) atoms. The molecule has 3 heteroatoms. The molecule has 0 N–H and O–H groups in total. The molecular formula is C23H26N2O. The molecule has 1 atom stereocenters. The highest BCUT2D eigenvalue weighted by molar-refractivity contribution is 5.84. The third-order valence-electron chi connectivity index (χ3n) is 5.33. The van der Waals surface area contributed by atoms with Gasteiger partial charge in [-0.25, -0.2) is 4.98 Å². The minimum atomic E-state index is 0.141. The zero-order chi connectivity index (χ0) is 18.1. The number of nitrogens with zero attached hydrogens (tertiary/aromatic N) is 2. The molecule has 0 saturated heterocycles. The second-order valence-corrected chi connectivity index (χ2v) is 7.43. The summed E-state index contributed by atoms with van der Waals surface area (Å²) < 4.78 is 6.19. The van der Waals surface area contributed by atoms with Crippen molar-refractivity contribution in [1.82, 2.24) is 9.88 Å². The number of rotatable bonds is 3. The maximum atomic E-state index is 6.19. The molecule has 2 aromatic carbocycles. The van der Waals surface area contributed by atoms with Crippen LogP contribution in [0.1, 0.15) is 29.2 Å². The van der Waals surface area contributed by atoms with E-state index in [1.54, 1.807) is 0 Å². The first-order chi connectivity index (χ1) is 12.6. The molecule has 0 amide bonds. The average Bonchev–Trinajstić information content (AvgIpc) is 2.80. The van der Waals surface area contributed by atoms with Crippen LogP contribution in [-0.2, 0) is 13.0 Å². The SMILES string of the molecule is Cc1ccc2cc3c(nc2c1C)OC(C)CN(CCc1ccccc1)C3. The molecule has 2 heterocycles. The van der Waals surface area contributed by atoms with Gasteiger partial charge in [0.2, 0.25) is 5.88 Å². The van der Waals surface area contributed by atoms with Crippen LogP contribution in [0.3, 0.4) is 0 Å². The van der Waals surface area contributed by atoms with Crippen molar-refractivity contribution >= 4 is 10.9 Å². The second kappa shape index (κ2) is 7.08. The summed E-state index contributed by atoms with van der Waals surface area (Å²) in [6, 6.07) is 17.3. The smallest absolute Gasteiger partial charge is 0.218 e. The zero-order valence-corrected chi connectivity index (χ0v) is 15.8. The van der Waals surface area contributed by atoms with E-state index in [1.165, 1.54) is 27.6 Å². The van der Waals surface area contributed by atoms with Crippen LogP contribution < -0.4 is 4.74 Å². The Morgan fingerprint density at radius 2 is 1.92 bits per heavy atom. The Labute approximate surface area is 155 Å². The largest absolute Gasteiger partial charge is 0.473 e. The molecule has 0 bridgehead atoms. The number of fused-ring (bicyclic) bond motifs is 2. The standard InChI is InChI=1S/C23H26N2O/c1-16-9-10-20-13-21-15-25(12-11-19-7-5-4-6-8-19)14-17(2)26-23(21)24-22(20)18(16)3/h4-10,13,17H,11-12,14-15H2,1-3H3. The van der Waals surface area contributed by atoms with Gasteiger partial charge in [-0.3, -0.25) is 4.90 Å². The maximum absolute atomic E-state index is 6.19. The average molecular weight is 346 g/mol. The van der Waals surface area contributed by atoms with Gasteiger partial charge in [0.05, 0.1) is 5.52 Å². The summed E-state index contributed by atoms with van der Waals surface area (Å²) in [4.78, 5) is 7.37. The third-order valence-corrected chi connectivity index (χ3v) is 5.33. The van der Waals surface area contributed by atoms with Gasteiger partial charge in [-0.05, 0) is 49.9 Å². The predicted molar refractivity (Wildman–Crippen MR) is 107 cm³/mol. The van der Waals surface area contributed by atoms with Gasteiger partial charge in [0, 0.05) is 30.6 Å². The van der Waals surface area contributed by atoms with Gasteiger partial charge in [0.25, 0.3) is 0 Å². The van der Waals surface area contributed by atoms with Crippen molar-refractivity contribution in [2.24, 2.45) is 0 Å². The van der Waals surface area contributed by atoms with E-state index in [0.29, 0.717) is 0 Å². The molecular weight excluding hydrogens is 320 g/mol. The van der Waals surface area contributed by atoms with Crippen LogP contribution in [0.15, 0.2) is 48.5 Å². The number of benzene rings is 2. The van der Waals surface area contributed by atoms with E-state index < -0.39 is 0 Å². The number of ether oxygens (including phenoxy) is 1. The van der Waals surface area contributed by atoms with E-state index in [1.807, 2.05) is 0 Å². The maximum Gasteiger partial charge on any atom is 0.218 e. The quantitative estimate of drug-likeness (QED) is 0.689. The van der Waals surface area contributed by atoms with Gasteiger partial charge in [-0.1, -0.05) is 42.5 Å². The molecule has 134 valence electrons. The third kappa shape index (κ3) is 3.45. The number of aromatic nitrogens is 1. The summed E-state index contributed by atoms with van der Waals surface area (Å²) in [5, 5.41) is 1.20. The van der Waals surface area contributed by atoms with Crippen molar-refractivity contribution in [3.63, 3.8) is 0 Å². The van der Waals surface area contributed by atoms with Gasteiger partial charge in [-0.15, -0.1) is 0 Å². The Kier molecular flexibility index (Phi) is 4.64. The first-order valence-corrected chi connectivity index (χ1v) is 9.43. The van der Waals surface area contributed by atoms with E-state index in [-0.39, 0.29) is 6.10 Å². The minimum absolute atomic E-state index is 0.141. The predicted octanol–water partition coefficient (Wildman–Crippen LogP) is 4.68. The lowest BCUT2D eigenvalue weighted by atomic mass is 10.0. The minimum Gasteiger partial charge on any atom is -0.473 e. The number of pyridine rings is 1. The Morgan fingerprint density at radius 3 is 2.73 bits per heavy atom. The number of aryl methyl sites for hydroxylation is 2. The van der Waals surface area contributed by atoms with Gasteiger partial charge >= 0.3 is 0 Å². The fraction of sp³-hybridized carbons (Fsp3) is 0.348. The highest BCUT2D eigenvalue weighted by Gasteiger charge is 2.22. The van der Waals surface area contributed by atoms with E-state index in [9.17, 15) is 0 Å². The number of hydrogen-bond acceptors (Lipinski definition) is 3. The van der Waals surface area contributed by atoms with Crippen LogP contribution in [0.5, 0.6) is 5.88 Å². The number of hydrogen-bond donors (Lipinski definition) is 0. The van der Waals surface area contributed by atoms with Crippen molar-refractivity contribution < 1.29 is 4.74 Å². The summed E-state index contributed by atoms with van der Waals surface area (Å²) >= 11 is 0. The molecule has 4 rings (SSSR count). The van der Waals surface area contributed by atoms with E-state index >= 15 is 0 Å². The lowest BCUT2D eigenvalue weighted by molar-refractivity contribution is 0.158. The first-order valence-electron chi connectivity index (χ1n) is 9.43. The van der Waals surface area contributed by atoms with Gasteiger partial charge in [-0.2, -0.15) is 0 Å². The van der Waals surface area contributed by atoms with E-state index in [4.69, 9.17) is 9.72 Å². The van der Waals surface area contributed by atoms with Gasteiger partial charge < -0.3 is 4.74 Å². The molecule has 3 aromatic rings. The monoisotopic (exact) mass is 346 g/mol. The van der Waals surface area contributed by atoms with E-state index in [2.05, 4.69) is 74.2 Å². The zero-order valence-electron chi connectivity index (χ0n) is 15.8. The lowest BCUT2D eigenvalue weighted by Gasteiger charge is -2.21. The lowest BCUT2D eigenvalue weighted by Crippen LogP contribution is -2.32. The Morgan fingerprint density at radius 1 is 1.12 bits per heavy atom. The molecule has 3 nitrogen and oxygen atoms in total. The summed E-state index contributed by atoms with van der Waals surface area (Å²) in [5.41, 5.74) is 6.16. The normalized spacial score (nSPS) is 17.6. The van der Waals surface area contributed by atoms with Crippen LogP contribution in [0.25, 0.3) is 10.9 Å². The molecule has 0 fully saturated rings. The summed E-state index contributed by atoms with van der Waals surface area (Å²) in [6.45, 7) is 9.27. The van der Waals surface area contributed by atoms with Crippen molar-refractivity contribution in [3.05, 3.63) is 70.8 Å². The molecule has 0 spiro atoms. The molecule has 0 radical (unpaired) electrons. The first kappa shape index (κ1) is 17.0. The molecule has 1 aliphatic heterocycles. The fourth-order valence-corrected chi connectivity index (χ4v) is 3.72. The molecule has 0 aliphatic carbocycles. The van der Waals surface area contributed by atoms with Crippen LogP contribution in [0.2, 0.25) is 0 Å². The Balaban J connectivity index is 1.61. The second-order valence-electron chi connectivity index (χ2n) is 7.43. The summed E-state index contributed by atoms with van der Waals surface area (Å²) in [7, 11) is 0. The van der Waals surface area contributed by atoms with Gasteiger partial charge in [0.1, 0.15) is 6.10 Å². The van der Waals surface area contributed by atoms with Crippen molar-refractivity contribution in [1.29, 1.82) is 0 Å². The van der Waals surface area contributed by atoms with Crippen LogP contribution in [0.4, 0.5) is 0 Å². The Bertz CT molecular complexity index is 920. The van der Waals surface area contributed by atoms with Gasteiger partial charge in [0.15, 0.2) is 0 Å². The topological polar surface area (TPSA) is 25.4 Å². The van der Waals surface area contributed by atoms with Crippen molar-refractivity contribution in [2.75, 3.05) is 13.1 Å². The molecule has 0 saturated carbocycles. The fourth-order valence-electron chi connectivity index (χ4n) is 3.72. The highest BCUT2D eigenvalue weighted by atomic mass is 16.5. The van der Waals surface area contributed by atoms with E-state index in [0.717, 1.165) is 37.5 Å². The summed E-state index contributed by atoms with van der Waals surface area (Å²) in [5.74, 6) is 0.806. The van der Waals surface area contributed by atoms with Crippen LogP contribution in [0, 0.1) is 13.8 Å². The summed E-state index contributed by atoms with van der Waals surface area (Å²) in [6.07, 6.45) is 1.20.